The van der Waals surface area contributed by atoms with Crippen molar-refractivity contribution in [2.75, 3.05) is 20.1 Å². The van der Waals surface area contributed by atoms with E-state index in [2.05, 4.69) is 5.32 Å². The lowest BCUT2D eigenvalue weighted by atomic mass is 10.2. The molecule has 2 amide bonds. The van der Waals surface area contributed by atoms with Crippen LogP contribution in [0.2, 0.25) is 0 Å². The molecule has 25 heavy (non-hydrogen) atoms. The van der Waals surface area contributed by atoms with E-state index in [0.29, 0.717) is 18.7 Å². The number of ether oxygens (including phenoxy) is 1. The first-order valence-corrected chi connectivity index (χ1v) is 8.22. The number of likely N-dealkylation sites (N-methyl/N-ethyl adjacent to an activating group) is 1. The molecule has 1 aromatic carbocycles. The molecule has 0 aliphatic heterocycles. The fourth-order valence-electron chi connectivity index (χ4n) is 2.16. The molecule has 0 bridgehead atoms. The standard InChI is InChI=1S/C19H25N3O3/c1-19(2,3)25-18(24)21(4)14-11-20-17(23)15-7-9-16(10-8-15)22-12-5-6-13-22/h5-10,12-13H,11,14H2,1-4H3,(H,20,23). The van der Waals surface area contributed by atoms with Crippen LogP contribution in [0.5, 0.6) is 0 Å². The molecule has 1 heterocycles. The zero-order valence-corrected chi connectivity index (χ0v) is 15.2. The first-order valence-electron chi connectivity index (χ1n) is 8.22. The van der Waals surface area contributed by atoms with Gasteiger partial charge in [-0.2, -0.15) is 0 Å². The van der Waals surface area contributed by atoms with E-state index in [4.69, 9.17) is 4.74 Å². The van der Waals surface area contributed by atoms with E-state index < -0.39 is 11.7 Å². The second-order valence-corrected chi connectivity index (χ2v) is 6.79. The maximum Gasteiger partial charge on any atom is 0.410 e. The van der Waals surface area contributed by atoms with E-state index in [9.17, 15) is 9.59 Å². The monoisotopic (exact) mass is 343 g/mol. The van der Waals surface area contributed by atoms with Crippen molar-refractivity contribution in [3.05, 3.63) is 54.4 Å². The number of nitrogens with zero attached hydrogens (tertiary/aromatic N) is 2. The van der Waals surface area contributed by atoms with Gasteiger partial charge in [-0.3, -0.25) is 4.79 Å². The van der Waals surface area contributed by atoms with Crippen molar-refractivity contribution < 1.29 is 14.3 Å². The summed E-state index contributed by atoms with van der Waals surface area (Å²) >= 11 is 0. The molecule has 0 aliphatic carbocycles. The number of carbonyl (C=O) groups excluding carboxylic acids is 2. The smallest absolute Gasteiger partial charge is 0.410 e. The summed E-state index contributed by atoms with van der Waals surface area (Å²) in [6.45, 7) is 6.18. The summed E-state index contributed by atoms with van der Waals surface area (Å²) in [5, 5.41) is 2.81. The number of carbonyl (C=O) groups is 2. The third kappa shape index (κ3) is 5.67. The summed E-state index contributed by atoms with van der Waals surface area (Å²) in [7, 11) is 1.64. The van der Waals surface area contributed by atoms with Gasteiger partial charge in [-0.15, -0.1) is 0 Å². The number of aromatic nitrogens is 1. The number of hydrogen-bond acceptors (Lipinski definition) is 3. The minimum absolute atomic E-state index is 0.170. The van der Waals surface area contributed by atoms with Gasteiger partial charge < -0.3 is 19.5 Å². The average Bonchev–Trinajstić information content (AvgIpc) is 3.07. The van der Waals surface area contributed by atoms with Crippen LogP contribution < -0.4 is 5.32 Å². The number of hydrogen-bond donors (Lipinski definition) is 1. The molecule has 134 valence electrons. The summed E-state index contributed by atoms with van der Waals surface area (Å²) in [4.78, 5) is 25.5. The Morgan fingerprint density at radius 1 is 1.12 bits per heavy atom. The van der Waals surface area contributed by atoms with E-state index in [1.165, 1.54) is 4.90 Å². The van der Waals surface area contributed by atoms with Crippen LogP contribution in [0.15, 0.2) is 48.8 Å². The number of amides is 2. The van der Waals surface area contributed by atoms with E-state index in [1.54, 1.807) is 19.2 Å². The van der Waals surface area contributed by atoms with E-state index in [1.807, 2.05) is 62.0 Å². The van der Waals surface area contributed by atoms with Gasteiger partial charge >= 0.3 is 6.09 Å². The second kappa shape index (κ2) is 7.88. The Balaban J connectivity index is 1.81. The number of nitrogens with one attached hydrogen (secondary N) is 1. The highest BCUT2D eigenvalue weighted by atomic mass is 16.6. The number of rotatable bonds is 5. The summed E-state index contributed by atoms with van der Waals surface area (Å²) in [6.07, 6.45) is 3.49. The van der Waals surface area contributed by atoms with Gasteiger partial charge in [-0.25, -0.2) is 4.79 Å². The Labute approximate surface area is 148 Å². The molecule has 0 radical (unpaired) electrons. The van der Waals surface area contributed by atoms with Gasteiger partial charge in [0.2, 0.25) is 0 Å². The first-order chi connectivity index (χ1) is 11.8. The second-order valence-electron chi connectivity index (χ2n) is 6.79. The zero-order valence-electron chi connectivity index (χ0n) is 15.2. The van der Waals surface area contributed by atoms with Crippen LogP contribution in [0.4, 0.5) is 4.79 Å². The highest BCUT2D eigenvalue weighted by Crippen LogP contribution is 2.10. The predicted molar refractivity (Wildman–Crippen MR) is 97.0 cm³/mol. The van der Waals surface area contributed by atoms with Gasteiger partial charge in [-0.05, 0) is 57.2 Å². The van der Waals surface area contributed by atoms with Gasteiger partial charge in [0.25, 0.3) is 5.91 Å². The lowest BCUT2D eigenvalue weighted by molar-refractivity contribution is 0.0299. The molecule has 0 saturated carbocycles. The molecule has 0 spiro atoms. The molecule has 2 aromatic rings. The van der Waals surface area contributed by atoms with Crippen LogP contribution in [0.3, 0.4) is 0 Å². The summed E-state index contributed by atoms with van der Waals surface area (Å²) in [5.41, 5.74) is 1.04. The fraction of sp³-hybridized carbons (Fsp3) is 0.368. The summed E-state index contributed by atoms with van der Waals surface area (Å²) < 4.78 is 7.23. The third-order valence-electron chi connectivity index (χ3n) is 3.47. The van der Waals surface area contributed by atoms with Gasteiger partial charge in [0, 0.05) is 43.8 Å². The quantitative estimate of drug-likeness (QED) is 0.907. The molecule has 1 aromatic heterocycles. The lowest BCUT2D eigenvalue weighted by Crippen LogP contribution is -2.39. The van der Waals surface area contributed by atoms with E-state index in [-0.39, 0.29) is 5.91 Å². The van der Waals surface area contributed by atoms with Crippen molar-refractivity contribution in [1.29, 1.82) is 0 Å². The Hall–Kier alpha value is -2.76. The van der Waals surface area contributed by atoms with Gasteiger partial charge in [-0.1, -0.05) is 0 Å². The normalized spacial score (nSPS) is 11.0. The Morgan fingerprint density at radius 3 is 2.28 bits per heavy atom. The molecular weight excluding hydrogens is 318 g/mol. The summed E-state index contributed by atoms with van der Waals surface area (Å²) in [6, 6.07) is 11.2. The Morgan fingerprint density at radius 2 is 1.72 bits per heavy atom. The molecule has 2 rings (SSSR count). The van der Waals surface area contributed by atoms with Gasteiger partial charge in [0.05, 0.1) is 0 Å². The van der Waals surface area contributed by atoms with Crippen molar-refractivity contribution in [2.24, 2.45) is 0 Å². The van der Waals surface area contributed by atoms with Crippen molar-refractivity contribution in [2.45, 2.75) is 26.4 Å². The maximum atomic E-state index is 12.2. The molecular formula is C19H25N3O3. The predicted octanol–water partition coefficient (Wildman–Crippen LogP) is 3.07. The highest BCUT2D eigenvalue weighted by Gasteiger charge is 2.19. The van der Waals surface area contributed by atoms with Gasteiger partial charge in [0.15, 0.2) is 0 Å². The molecule has 0 saturated heterocycles. The van der Waals surface area contributed by atoms with Crippen molar-refractivity contribution >= 4 is 12.0 Å². The number of benzene rings is 1. The van der Waals surface area contributed by atoms with Crippen molar-refractivity contribution in [3.8, 4) is 5.69 Å². The largest absolute Gasteiger partial charge is 0.444 e. The highest BCUT2D eigenvalue weighted by molar-refractivity contribution is 5.94. The third-order valence-corrected chi connectivity index (χ3v) is 3.47. The van der Waals surface area contributed by atoms with Crippen LogP contribution in [0, 0.1) is 0 Å². The van der Waals surface area contributed by atoms with E-state index >= 15 is 0 Å². The molecule has 0 atom stereocenters. The fourth-order valence-corrected chi connectivity index (χ4v) is 2.16. The van der Waals surface area contributed by atoms with Crippen LogP contribution >= 0.6 is 0 Å². The van der Waals surface area contributed by atoms with Crippen LogP contribution in [-0.4, -0.2) is 47.2 Å². The lowest BCUT2D eigenvalue weighted by Gasteiger charge is -2.24. The van der Waals surface area contributed by atoms with E-state index in [0.717, 1.165) is 5.69 Å². The van der Waals surface area contributed by atoms with Crippen LogP contribution in [-0.2, 0) is 4.74 Å². The Kier molecular flexibility index (Phi) is 5.85. The topological polar surface area (TPSA) is 63.6 Å². The molecule has 0 aliphatic rings. The molecule has 0 fully saturated rings. The molecule has 6 nitrogen and oxygen atoms in total. The minimum Gasteiger partial charge on any atom is -0.444 e. The van der Waals surface area contributed by atoms with Crippen molar-refractivity contribution in [1.82, 2.24) is 14.8 Å². The molecule has 0 unspecified atom stereocenters. The Bertz CT molecular complexity index is 701. The molecule has 1 N–H and O–H groups in total. The first kappa shape index (κ1) is 18.6. The summed E-state index contributed by atoms with van der Waals surface area (Å²) in [5.74, 6) is -0.170. The van der Waals surface area contributed by atoms with Crippen molar-refractivity contribution in [3.63, 3.8) is 0 Å². The maximum absolute atomic E-state index is 12.2. The average molecular weight is 343 g/mol. The molecule has 6 heteroatoms. The zero-order chi connectivity index (χ0) is 18.4. The van der Waals surface area contributed by atoms with Crippen LogP contribution in [0.1, 0.15) is 31.1 Å². The van der Waals surface area contributed by atoms with Crippen LogP contribution in [0.25, 0.3) is 5.69 Å². The minimum atomic E-state index is -0.532. The van der Waals surface area contributed by atoms with Gasteiger partial charge in [0.1, 0.15) is 5.60 Å². The SMILES string of the molecule is CN(CCNC(=O)c1ccc(-n2cccc2)cc1)C(=O)OC(C)(C)C.